The number of ether oxygens (including phenoxy) is 1. The Morgan fingerprint density at radius 3 is 2.56 bits per heavy atom. The Balaban J connectivity index is 1.62. The maximum absolute atomic E-state index is 14.4. The first kappa shape index (κ1) is 15.8. The Morgan fingerprint density at radius 1 is 1.12 bits per heavy atom. The van der Waals surface area contributed by atoms with Gasteiger partial charge in [0.2, 0.25) is 11.9 Å². The smallest absolute Gasteiger partial charge is 0.224 e. The lowest BCUT2D eigenvalue weighted by Crippen LogP contribution is -2.29. The summed E-state index contributed by atoms with van der Waals surface area (Å²) in [5.41, 5.74) is -0.772. The van der Waals surface area contributed by atoms with Crippen LogP contribution in [-0.4, -0.2) is 49.9 Å². The minimum Gasteiger partial charge on any atom is -0.393 e. The molecule has 3 heterocycles. The zero-order valence-corrected chi connectivity index (χ0v) is 16.6. The van der Waals surface area contributed by atoms with Gasteiger partial charge in [0.1, 0.15) is 17.0 Å². The minimum atomic E-state index is -2.74. The zero-order valence-electron chi connectivity index (χ0n) is 21.6. The lowest BCUT2D eigenvalue weighted by Gasteiger charge is -2.26. The molecular formula is C21H23F3N6O2. The van der Waals surface area contributed by atoms with E-state index in [0.717, 1.165) is 4.57 Å². The third kappa shape index (κ3) is 4.09. The molecule has 32 heavy (non-hydrogen) atoms. The van der Waals surface area contributed by atoms with E-state index in [4.69, 9.17) is 11.6 Å². The van der Waals surface area contributed by atoms with Crippen molar-refractivity contribution < 1.29 is 29.9 Å². The SMILES string of the molecule is [2H]C1C(n2c(Nc3c(F)cc(F)cc3F)nc3cnc(NC4CCC(O)CC4)nc32)C([2H])([2H])OC1([2H])[2H]. The van der Waals surface area contributed by atoms with Gasteiger partial charge in [-0.2, -0.15) is 4.98 Å². The predicted molar refractivity (Wildman–Crippen MR) is 111 cm³/mol. The van der Waals surface area contributed by atoms with Crippen LogP contribution < -0.4 is 10.6 Å². The van der Waals surface area contributed by atoms with Gasteiger partial charge in [0.15, 0.2) is 17.3 Å². The van der Waals surface area contributed by atoms with Gasteiger partial charge in [-0.05, 0) is 32.1 Å². The summed E-state index contributed by atoms with van der Waals surface area (Å²) < 4.78 is 89.0. The van der Waals surface area contributed by atoms with E-state index >= 15 is 0 Å². The van der Waals surface area contributed by atoms with Crippen molar-refractivity contribution in [2.75, 3.05) is 23.8 Å². The number of aromatic nitrogens is 4. The normalized spacial score (nSPS) is 31.3. The number of fused-ring (bicyclic) bond motifs is 1. The molecule has 8 nitrogen and oxygen atoms in total. The number of hydrogen-bond donors (Lipinski definition) is 3. The Hall–Kier alpha value is -2.92. The second-order valence-electron chi connectivity index (χ2n) is 7.68. The molecule has 0 spiro atoms. The van der Waals surface area contributed by atoms with E-state index < -0.39 is 48.7 Å². The quantitative estimate of drug-likeness (QED) is 0.542. The number of nitrogens with zero attached hydrogens (tertiary/aromatic N) is 4. The summed E-state index contributed by atoms with van der Waals surface area (Å²) in [7, 11) is 0. The highest BCUT2D eigenvalue weighted by atomic mass is 19.1. The van der Waals surface area contributed by atoms with E-state index in [9.17, 15) is 18.3 Å². The van der Waals surface area contributed by atoms with Gasteiger partial charge in [-0.15, -0.1) is 0 Å². The predicted octanol–water partition coefficient (Wildman–Crippen LogP) is 3.66. The number of rotatable bonds is 5. The van der Waals surface area contributed by atoms with Crippen LogP contribution >= 0.6 is 0 Å². The fraction of sp³-hybridized carbons (Fsp3) is 0.476. The third-order valence-electron chi connectivity index (χ3n) is 5.45. The van der Waals surface area contributed by atoms with Crippen LogP contribution in [0.3, 0.4) is 0 Å². The van der Waals surface area contributed by atoms with Crippen LogP contribution in [0.25, 0.3) is 11.2 Å². The zero-order chi connectivity index (χ0) is 26.7. The average molecular weight is 453 g/mol. The summed E-state index contributed by atoms with van der Waals surface area (Å²) in [5, 5.41) is 15.3. The molecule has 0 amide bonds. The van der Waals surface area contributed by atoms with Gasteiger partial charge in [-0.1, -0.05) is 0 Å². The van der Waals surface area contributed by atoms with Crippen LogP contribution in [0, 0.1) is 17.5 Å². The molecule has 1 aliphatic heterocycles. The number of hydrogen-bond acceptors (Lipinski definition) is 7. The summed E-state index contributed by atoms with van der Waals surface area (Å²) >= 11 is 0. The highest BCUT2D eigenvalue weighted by molar-refractivity contribution is 5.76. The maximum Gasteiger partial charge on any atom is 0.224 e. The molecular weight excluding hydrogens is 425 g/mol. The fourth-order valence-electron chi connectivity index (χ4n) is 3.84. The number of aliphatic hydroxyl groups is 1. The van der Waals surface area contributed by atoms with Crippen molar-refractivity contribution in [1.82, 2.24) is 19.5 Å². The molecule has 2 unspecified atom stereocenters. The number of aliphatic hydroxyl groups excluding tert-OH is 1. The summed E-state index contributed by atoms with van der Waals surface area (Å²) in [4.78, 5) is 12.8. The molecule has 1 aliphatic carbocycles. The number of nitrogens with one attached hydrogen (secondary N) is 2. The van der Waals surface area contributed by atoms with Crippen LogP contribution in [0.2, 0.25) is 0 Å². The van der Waals surface area contributed by atoms with E-state index in [1.807, 2.05) is 0 Å². The summed E-state index contributed by atoms with van der Waals surface area (Å²) in [6, 6.07) is -0.832. The minimum absolute atomic E-state index is 0.0449. The molecule has 2 fully saturated rings. The average Bonchev–Trinajstić information content (AvgIpc) is 3.21. The van der Waals surface area contributed by atoms with Crippen molar-refractivity contribution >= 4 is 28.7 Å². The van der Waals surface area contributed by atoms with Gasteiger partial charge in [0.05, 0.1) is 30.4 Å². The Bertz CT molecular complexity index is 1310. The van der Waals surface area contributed by atoms with Crippen molar-refractivity contribution in [2.45, 2.75) is 50.3 Å². The molecule has 2 atom stereocenters. The van der Waals surface area contributed by atoms with Crippen molar-refractivity contribution in [3.8, 4) is 0 Å². The van der Waals surface area contributed by atoms with E-state index in [-0.39, 0.29) is 35.2 Å². The molecule has 0 bridgehead atoms. The van der Waals surface area contributed by atoms with Crippen LogP contribution in [0.1, 0.15) is 45.0 Å². The number of anilines is 3. The Morgan fingerprint density at radius 2 is 1.88 bits per heavy atom. The van der Waals surface area contributed by atoms with Crippen molar-refractivity contribution in [3.63, 3.8) is 0 Å². The van der Waals surface area contributed by atoms with Crippen molar-refractivity contribution in [3.05, 3.63) is 35.8 Å². The van der Waals surface area contributed by atoms with E-state index in [1.165, 1.54) is 6.20 Å². The lowest BCUT2D eigenvalue weighted by atomic mass is 9.93. The van der Waals surface area contributed by atoms with Gasteiger partial charge in [-0.25, -0.2) is 23.1 Å². The molecule has 1 saturated carbocycles. The van der Waals surface area contributed by atoms with E-state index in [1.54, 1.807) is 0 Å². The molecule has 1 saturated heterocycles. The molecule has 11 heteroatoms. The van der Waals surface area contributed by atoms with E-state index in [2.05, 4.69) is 25.6 Å². The summed E-state index contributed by atoms with van der Waals surface area (Å²) in [5.74, 6) is -3.96. The molecule has 170 valence electrons. The second-order valence-corrected chi connectivity index (χ2v) is 7.68. The van der Waals surface area contributed by atoms with Crippen molar-refractivity contribution in [1.29, 1.82) is 0 Å². The number of imidazole rings is 1. The Kier molecular flexibility index (Phi) is 4.22. The monoisotopic (exact) mass is 453 g/mol. The summed E-state index contributed by atoms with van der Waals surface area (Å²) in [6.45, 7) is -5.44. The van der Waals surface area contributed by atoms with Crippen LogP contribution in [-0.2, 0) is 4.74 Å². The van der Waals surface area contributed by atoms with Gasteiger partial charge in [-0.3, -0.25) is 4.57 Å². The number of halogens is 3. The van der Waals surface area contributed by atoms with Crippen molar-refractivity contribution in [2.24, 2.45) is 0 Å². The largest absolute Gasteiger partial charge is 0.393 e. The van der Waals surface area contributed by atoms with Gasteiger partial charge >= 0.3 is 0 Å². The van der Waals surface area contributed by atoms with Crippen LogP contribution in [0.15, 0.2) is 18.3 Å². The number of benzene rings is 1. The first-order valence-corrected chi connectivity index (χ1v) is 10.1. The van der Waals surface area contributed by atoms with Gasteiger partial charge < -0.3 is 20.5 Å². The molecule has 2 aromatic heterocycles. The molecule has 5 rings (SSSR count). The highest BCUT2D eigenvalue weighted by Gasteiger charge is 2.27. The molecule has 3 N–H and O–H groups in total. The fourth-order valence-corrected chi connectivity index (χ4v) is 3.84. The molecule has 1 aromatic carbocycles. The van der Waals surface area contributed by atoms with Gasteiger partial charge in [0.25, 0.3) is 0 Å². The topological polar surface area (TPSA) is 97.1 Å². The first-order chi connectivity index (χ1) is 17.4. The first-order valence-electron chi connectivity index (χ1n) is 12.7. The Labute approximate surface area is 188 Å². The molecule has 3 aromatic rings. The third-order valence-corrected chi connectivity index (χ3v) is 5.45. The molecule has 2 aliphatic rings. The summed E-state index contributed by atoms with van der Waals surface area (Å²) in [6.07, 6.45) is 1.59. The van der Waals surface area contributed by atoms with Crippen LogP contribution in [0.5, 0.6) is 0 Å². The molecule has 0 radical (unpaired) electrons. The van der Waals surface area contributed by atoms with Crippen LogP contribution in [0.4, 0.5) is 30.8 Å². The highest BCUT2D eigenvalue weighted by Crippen LogP contribution is 2.32. The second kappa shape index (κ2) is 8.55. The van der Waals surface area contributed by atoms with Gasteiger partial charge in [0, 0.05) is 26.1 Å². The van der Waals surface area contributed by atoms with E-state index in [0.29, 0.717) is 37.8 Å². The standard InChI is InChI=1S/C21H23F3N6O2/c22-11-7-15(23)18(16(24)8-11)28-21-27-17-9-25-20(26-12-1-3-14(31)4-2-12)29-19(17)30(21)13-5-6-32-10-13/h7-9,12-14,31H,1-6,10H2,(H,27,28)(H,25,26,29)/i5D,6D2,10D2. The lowest BCUT2D eigenvalue weighted by molar-refractivity contribution is 0.126. The maximum atomic E-state index is 14.4.